The molecule has 1 saturated heterocycles. The van der Waals surface area contributed by atoms with Crippen molar-refractivity contribution in [1.29, 1.82) is 0 Å². The highest BCUT2D eigenvalue weighted by Gasteiger charge is 2.23. The van der Waals surface area contributed by atoms with Crippen LogP contribution in [0.5, 0.6) is 0 Å². The van der Waals surface area contributed by atoms with Gasteiger partial charge in [0, 0.05) is 23.1 Å². The van der Waals surface area contributed by atoms with E-state index in [1.165, 1.54) is 0 Å². The maximum absolute atomic E-state index is 12.4. The van der Waals surface area contributed by atoms with Gasteiger partial charge in [0.1, 0.15) is 0 Å². The van der Waals surface area contributed by atoms with Crippen molar-refractivity contribution < 1.29 is 4.79 Å². The van der Waals surface area contributed by atoms with Crippen LogP contribution in [-0.4, -0.2) is 37.0 Å². The summed E-state index contributed by atoms with van der Waals surface area (Å²) in [5.41, 5.74) is 0.670. The van der Waals surface area contributed by atoms with Crippen LogP contribution >= 0.6 is 39.9 Å². The van der Waals surface area contributed by atoms with Crippen LogP contribution in [0.1, 0.15) is 30.1 Å². The molecule has 1 heterocycles. The smallest absolute Gasteiger partial charge is 0.253 e. The van der Waals surface area contributed by atoms with Gasteiger partial charge in [-0.05, 0) is 66.0 Å². The Bertz CT molecular complexity index is 477. The number of hydrogen-bond acceptors (Lipinski definition) is 2. The van der Waals surface area contributed by atoms with Crippen molar-refractivity contribution in [3.8, 4) is 0 Å². The zero-order valence-electron chi connectivity index (χ0n) is 12.1. The average Bonchev–Trinajstić information content (AvgIpc) is 2.48. The Morgan fingerprint density at radius 2 is 2.10 bits per heavy atom. The van der Waals surface area contributed by atoms with E-state index in [1.54, 1.807) is 6.07 Å². The minimum absolute atomic E-state index is 0. The average molecular weight is 396 g/mol. The van der Waals surface area contributed by atoms with Crippen molar-refractivity contribution in [3.63, 3.8) is 0 Å². The summed E-state index contributed by atoms with van der Waals surface area (Å²) in [5, 5.41) is 3.96. The molecule has 3 nitrogen and oxygen atoms in total. The summed E-state index contributed by atoms with van der Waals surface area (Å²) in [4.78, 5) is 14.4. The van der Waals surface area contributed by atoms with E-state index >= 15 is 0 Å². The molecular weight excluding hydrogens is 375 g/mol. The molecule has 0 atom stereocenters. The standard InChI is InChI=1S/C15H20BrClN2O.ClH/c1-2-18-10-11-5-7-19(8-6-11)15(20)12-3-4-13(16)14(17)9-12;/h3-4,9,11,18H,2,5-8,10H2,1H3;1H. The molecule has 0 aromatic heterocycles. The van der Waals surface area contributed by atoms with Crippen molar-refractivity contribution in [3.05, 3.63) is 33.3 Å². The van der Waals surface area contributed by atoms with Crippen molar-refractivity contribution in [2.75, 3.05) is 26.2 Å². The lowest BCUT2D eigenvalue weighted by molar-refractivity contribution is 0.0690. The second-order valence-electron chi connectivity index (χ2n) is 5.17. The number of carbonyl (C=O) groups excluding carboxylic acids is 1. The zero-order valence-corrected chi connectivity index (χ0v) is 15.2. The number of rotatable bonds is 4. The molecular formula is C15H21BrCl2N2O. The molecule has 1 amide bonds. The Kier molecular flexibility index (Phi) is 8.03. The number of nitrogens with one attached hydrogen (secondary N) is 1. The molecule has 21 heavy (non-hydrogen) atoms. The van der Waals surface area contributed by atoms with Gasteiger partial charge in [-0.1, -0.05) is 18.5 Å². The summed E-state index contributed by atoms with van der Waals surface area (Å²) in [6, 6.07) is 5.38. The predicted octanol–water partition coefficient (Wildman–Crippen LogP) is 3.99. The van der Waals surface area contributed by atoms with Gasteiger partial charge in [-0.3, -0.25) is 4.79 Å². The lowest BCUT2D eigenvalue weighted by atomic mass is 9.96. The van der Waals surface area contributed by atoms with Crippen molar-refractivity contribution >= 4 is 45.8 Å². The summed E-state index contributed by atoms with van der Waals surface area (Å²) >= 11 is 9.39. The molecule has 0 spiro atoms. The number of nitrogens with zero attached hydrogens (tertiary/aromatic N) is 1. The quantitative estimate of drug-likeness (QED) is 0.835. The highest BCUT2D eigenvalue weighted by atomic mass is 79.9. The number of carbonyl (C=O) groups is 1. The van der Waals surface area contributed by atoms with E-state index in [-0.39, 0.29) is 18.3 Å². The molecule has 0 saturated carbocycles. The van der Waals surface area contributed by atoms with Crippen LogP contribution in [0.15, 0.2) is 22.7 Å². The molecule has 0 bridgehead atoms. The SMILES string of the molecule is CCNCC1CCN(C(=O)c2ccc(Br)c(Cl)c2)CC1.Cl. The van der Waals surface area contributed by atoms with Crippen LogP contribution in [0.4, 0.5) is 0 Å². The van der Waals surface area contributed by atoms with Gasteiger partial charge in [-0.15, -0.1) is 12.4 Å². The summed E-state index contributed by atoms with van der Waals surface area (Å²) in [6.07, 6.45) is 2.14. The summed E-state index contributed by atoms with van der Waals surface area (Å²) < 4.78 is 0.820. The molecule has 2 rings (SSSR count). The van der Waals surface area contributed by atoms with Gasteiger partial charge in [0.05, 0.1) is 5.02 Å². The minimum atomic E-state index is 0. The van der Waals surface area contributed by atoms with E-state index in [1.807, 2.05) is 17.0 Å². The number of halogens is 3. The molecule has 1 N–H and O–H groups in total. The maximum Gasteiger partial charge on any atom is 0.253 e. The lowest BCUT2D eigenvalue weighted by Crippen LogP contribution is -2.40. The summed E-state index contributed by atoms with van der Waals surface area (Å²) in [5.74, 6) is 0.772. The van der Waals surface area contributed by atoms with E-state index in [9.17, 15) is 4.79 Å². The second kappa shape index (κ2) is 8.99. The second-order valence-corrected chi connectivity index (χ2v) is 6.43. The Hall–Kier alpha value is -0.290. The van der Waals surface area contributed by atoms with Crippen LogP contribution in [0, 0.1) is 5.92 Å². The summed E-state index contributed by atoms with van der Waals surface area (Å²) in [7, 11) is 0. The van der Waals surface area contributed by atoms with Crippen molar-refractivity contribution in [1.82, 2.24) is 10.2 Å². The first kappa shape index (κ1) is 18.8. The molecule has 1 fully saturated rings. The fourth-order valence-corrected chi connectivity index (χ4v) is 2.93. The largest absolute Gasteiger partial charge is 0.339 e. The Labute approximate surface area is 146 Å². The van der Waals surface area contributed by atoms with Crippen LogP contribution in [-0.2, 0) is 0 Å². The lowest BCUT2D eigenvalue weighted by Gasteiger charge is -2.32. The first-order valence-corrected chi connectivity index (χ1v) is 8.24. The molecule has 0 unspecified atom stereocenters. The van der Waals surface area contributed by atoms with E-state index in [2.05, 4.69) is 28.2 Å². The maximum atomic E-state index is 12.4. The third-order valence-corrected chi connectivity index (χ3v) is 4.98. The van der Waals surface area contributed by atoms with E-state index < -0.39 is 0 Å². The topological polar surface area (TPSA) is 32.3 Å². The van der Waals surface area contributed by atoms with Crippen LogP contribution in [0.3, 0.4) is 0 Å². The van der Waals surface area contributed by atoms with Gasteiger partial charge in [-0.2, -0.15) is 0 Å². The Morgan fingerprint density at radius 3 is 2.67 bits per heavy atom. The van der Waals surface area contributed by atoms with Crippen molar-refractivity contribution in [2.24, 2.45) is 5.92 Å². The Balaban J connectivity index is 0.00000220. The van der Waals surface area contributed by atoms with E-state index in [0.29, 0.717) is 16.5 Å². The number of hydrogen-bond donors (Lipinski definition) is 1. The fourth-order valence-electron chi connectivity index (χ4n) is 2.50. The van der Waals surface area contributed by atoms with E-state index in [0.717, 1.165) is 43.5 Å². The molecule has 0 radical (unpaired) electrons. The molecule has 1 aromatic rings. The van der Waals surface area contributed by atoms with Gasteiger partial charge in [0.25, 0.3) is 5.91 Å². The number of piperidine rings is 1. The number of benzene rings is 1. The van der Waals surface area contributed by atoms with Crippen LogP contribution < -0.4 is 5.32 Å². The van der Waals surface area contributed by atoms with Crippen LogP contribution in [0.25, 0.3) is 0 Å². The number of amides is 1. The fraction of sp³-hybridized carbons (Fsp3) is 0.533. The molecule has 6 heteroatoms. The van der Waals surface area contributed by atoms with Crippen molar-refractivity contribution in [2.45, 2.75) is 19.8 Å². The predicted molar refractivity (Wildman–Crippen MR) is 93.6 cm³/mol. The minimum Gasteiger partial charge on any atom is -0.339 e. The molecule has 1 aliphatic rings. The first-order chi connectivity index (χ1) is 9.61. The Morgan fingerprint density at radius 1 is 1.43 bits per heavy atom. The highest BCUT2D eigenvalue weighted by Crippen LogP contribution is 2.25. The van der Waals surface area contributed by atoms with Gasteiger partial charge in [0.15, 0.2) is 0 Å². The molecule has 0 aliphatic carbocycles. The molecule has 118 valence electrons. The van der Waals surface area contributed by atoms with Gasteiger partial charge in [-0.25, -0.2) is 0 Å². The van der Waals surface area contributed by atoms with Gasteiger partial charge < -0.3 is 10.2 Å². The third-order valence-electron chi connectivity index (χ3n) is 3.75. The van der Waals surface area contributed by atoms with E-state index in [4.69, 9.17) is 11.6 Å². The molecule has 1 aliphatic heterocycles. The van der Waals surface area contributed by atoms with Crippen LogP contribution in [0.2, 0.25) is 5.02 Å². The molecule has 1 aromatic carbocycles. The highest BCUT2D eigenvalue weighted by molar-refractivity contribution is 9.10. The summed E-state index contributed by atoms with van der Waals surface area (Å²) in [6.45, 7) is 5.86. The third kappa shape index (κ3) is 5.13. The monoisotopic (exact) mass is 394 g/mol. The van der Waals surface area contributed by atoms with Gasteiger partial charge in [0.2, 0.25) is 0 Å². The first-order valence-electron chi connectivity index (χ1n) is 7.07. The zero-order chi connectivity index (χ0) is 14.5. The normalized spacial score (nSPS) is 15.7. The van der Waals surface area contributed by atoms with Gasteiger partial charge >= 0.3 is 0 Å². The number of likely N-dealkylation sites (tertiary alicyclic amines) is 1.